The van der Waals surface area contributed by atoms with Gasteiger partial charge in [-0.1, -0.05) is 41.6 Å². The third kappa shape index (κ3) is 6.63. The number of hydrogen-bond acceptors (Lipinski definition) is 5. The molecule has 7 heteroatoms. The Bertz CT molecular complexity index is 604. The Kier molecular flexibility index (Phi) is 9.03. The molecule has 1 aromatic carbocycles. The lowest BCUT2D eigenvalue weighted by Gasteiger charge is -2.22. The van der Waals surface area contributed by atoms with Crippen LogP contribution in [0.4, 0.5) is 0 Å². The molecule has 0 spiro atoms. The number of amides is 2. The zero-order valence-corrected chi connectivity index (χ0v) is 16.0. The summed E-state index contributed by atoms with van der Waals surface area (Å²) >= 11 is 12.4. The lowest BCUT2D eigenvalue weighted by Crippen LogP contribution is -2.35. The van der Waals surface area contributed by atoms with Crippen LogP contribution in [0, 0.1) is 0 Å². The molecule has 0 heterocycles. The van der Waals surface area contributed by atoms with Crippen molar-refractivity contribution in [1.82, 2.24) is 4.90 Å². The van der Waals surface area contributed by atoms with Crippen molar-refractivity contribution < 1.29 is 14.3 Å². The molecule has 1 unspecified atom stereocenters. The van der Waals surface area contributed by atoms with E-state index in [0.29, 0.717) is 16.0 Å². The summed E-state index contributed by atoms with van der Waals surface area (Å²) in [7, 11) is 0. The van der Waals surface area contributed by atoms with Crippen molar-refractivity contribution in [3.05, 3.63) is 47.5 Å². The molecule has 4 nitrogen and oxygen atoms in total. The first kappa shape index (κ1) is 20.7. The highest BCUT2D eigenvalue weighted by atomic mass is 35.5. The zero-order valence-electron chi connectivity index (χ0n) is 13.7. The monoisotopic (exact) mass is 385 g/mol. The van der Waals surface area contributed by atoms with Crippen LogP contribution in [-0.2, 0) is 14.3 Å². The Morgan fingerprint density at radius 3 is 2.54 bits per heavy atom. The number of rotatable bonds is 7. The maximum absolute atomic E-state index is 12.5. The van der Waals surface area contributed by atoms with Gasteiger partial charge in [0.2, 0.25) is 16.2 Å². The minimum Gasteiger partial charge on any atom is -0.479 e. The molecule has 0 saturated carbocycles. The third-order valence-electron chi connectivity index (χ3n) is 3.10. The van der Waals surface area contributed by atoms with Gasteiger partial charge in [-0.15, -0.1) is 6.58 Å². The van der Waals surface area contributed by atoms with E-state index in [2.05, 4.69) is 6.58 Å². The predicted octanol–water partition coefficient (Wildman–Crippen LogP) is 4.39. The fraction of sp³-hybridized carbons (Fsp3) is 0.353. The molecule has 1 atom stereocenters. The molecular formula is C17H20ClNO3S2. The topological polar surface area (TPSA) is 46.6 Å². The maximum Gasteiger partial charge on any atom is 0.230 e. The molecule has 0 saturated heterocycles. The van der Waals surface area contributed by atoms with E-state index >= 15 is 0 Å². The molecule has 0 radical (unpaired) electrons. The van der Waals surface area contributed by atoms with Crippen LogP contribution in [0.15, 0.2) is 36.9 Å². The fourth-order valence-corrected chi connectivity index (χ4v) is 3.51. The number of benzene rings is 1. The van der Waals surface area contributed by atoms with Gasteiger partial charge in [0.05, 0.1) is 6.61 Å². The molecule has 0 aliphatic carbocycles. The first-order valence-electron chi connectivity index (χ1n) is 7.39. The first-order chi connectivity index (χ1) is 11.4. The highest BCUT2D eigenvalue weighted by Gasteiger charge is 2.24. The number of carbonyl (C=O) groups is 2. The second kappa shape index (κ2) is 10.5. The molecule has 2 amide bonds. The predicted molar refractivity (Wildman–Crippen MR) is 103 cm³/mol. The average Bonchev–Trinajstić information content (AvgIpc) is 2.52. The summed E-state index contributed by atoms with van der Waals surface area (Å²) in [4.78, 5) is 25.3. The normalized spacial score (nSPS) is 11.5. The summed E-state index contributed by atoms with van der Waals surface area (Å²) in [5.41, 5.74) is 0.891. The van der Waals surface area contributed by atoms with Crippen LogP contribution in [0.1, 0.15) is 31.1 Å². The van der Waals surface area contributed by atoms with Crippen LogP contribution in [-0.4, -0.2) is 34.2 Å². The number of thioether (sulfide) groups is 1. The Balaban J connectivity index is 2.97. The van der Waals surface area contributed by atoms with Crippen LogP contribution in [0.3, 0.4) is 0 Å². The Morgan fingerprint density at radius 2 is 2.04 bits per heavy atom. The average molecular weight is 386 g/mol. The molecule has 1 aromatic rings. The second-order valence-electron chi connectivity index (χ2n) is 4.86. The van der Waals surface area contributed by atoms with E-state index in [0.717, 1.165) is 5.56 Å². The summed E-state index contributed by atoms with van der Waals surface area (Å²) < 4.78 is 5.68. The molecule has 130 valence electrons. The molecule has 0 fully saturated rings. The highest BCUT2D eigenvalue weighted by Crippen LogP contribution is 2.34. The number of nitrogens with zero attached hydrogens (tertiary/aromatic N) is 1. The van der Waals surface area contributed by atoms with E-state index in [1.54, 1.807) is 12.1 Å². The second-order valence-corrected chi connectivity index (χ2v) is 7.10. The lowest BCUT2D eigenvalue weighted by molar-refractivity contribution is -0.142. The van der Waals surface area contributed by atoms with Gasteiger partial charge in [-0.05, 0) is 36.8 Å². The van der Waals surface area contributed by atoms with Crippen LogP contribution in [0.5, 0.6) is 0 Å². The fourth-order valence-electron chi connectivity index (χ4n) is 1.98. The van der Waals surface area contributed by atoms with Gasteiger partial charge in [-0.25, -0.2) is 0 Å². The molecule has 24 heavy (non-hydrogen) atoms. The van der Waals surface area contributed by atoms with Gasteiger partial charge in [-0.2, -0.15) is 0 Å². The molecule has 0 bridgehead atoms. The van der Waals surface area contributed by atoms with Crippen molar-refractivity contribution in [2.45, 2.75) is 25.5 Å². The van der Waals surface area contributed by atoms with Crippen molar-refractivity contribution >= 4 is 51.8 Å². The first-order valence-corrected chi connectivity index (χ1v) is 9.06. The van der Waals surface area contributed by atoms with Crippen LogP contribution >= 0.6 is 35.6 Å². The maximum atomic E-state index is 12.5. The summed E-state index contributed by atoms with van der Waals surface area (Å²) in [6, 6.07) is 7.19. The standard InChI is InChI=1S/C17H20ClNO3S2/c1-4-10-19(12(3)20)16(21)11-15(24-17(23)22-5-2)13-6-8-14(18)9-7-13/h4,6-9,15H,1,5,10-11H2,2-3H3. The van der Waals surface area contributed by atoms with E-state index in [1.807, 2.05) is 19.1 Å². The van der Waals surface area contributed by atoms with E-state index in [-0.39, 0.29) is 30.0 Å². The van der Waals surface area contributed by atoms with Gasteiger partial charge in [-0.3, -0.25) is 14.5 Å². The molecule has 0 aliphatic rings. The van der Waals surface area contributed by atoms with Gasteiger partial charge >= 0.3 is 0 Å². The summed E-state index contributed by atoms with van der Waals surface area (Å²) in [6.07, 6.45) is 1.64. The van der Waals surface area contributed by atoms with Gasteiger partial charge in [0.1, 0.15) is 0 Å². The van der Waals surface area contributed by atoms with E-state index in [1.165, 1.54) is 29.7 Å². The lowest BCUT2D eigenvalue weighted by atomic mass is 10.1. The summed E-state index contributed by atoms with van der Waals surface area (Å²) in [6.45, 7) is 7.42. The van der Waals surface area contributed by atoms with Gasteiger partial charge < -0.3 is 4.74 Å². The van der Waals surface area contributed by atoms with E-state index in [9.17, 15) is 9.59 Å². The summed E-state index contributed by atoms with van der Waals surface area (Å²) in [5.74, 6) is -0.596. The zero-order chi connectivity index (χ0) is 18.1. The number of imide groups is 1. The number of hydrogen-bond donors (Lipinski definition) is 0. The number of thiocarbonyl (C=S) groups is 1. The van der Waals surface area contributed by atoms with E-state index < -0.39 is 0 Å². The van der Waals surface area contributed by atoms with Crippen molar-refractivity contribution in [2.75, 3.05) is 13.2 Å². The number of carbonyl (C=O) groups excluding carboxylic acids is 2. The third-order valence-corrected chi connectivity index (χ3v) is 4.79. The number of halogens is 1. The minimum absolute atomic E-state index is 0.118. The highest BCUT2D eigenvalue weighted by molar-refractivity contribution is 8.22. The summed E-state index contributed by atoms with van der Waals surface area (Å²) in [5, 5.41) is 0.346. The SMILES string of the molecule is C=CCN(C(C)=O)C(=O)CC(SC(=S)OCC)c1ccc(Cl)cc1. The van der Waals surface area contributed by atoms with Crippen molar-refractivity contribution in [1.29, 1.82) is 0 Å². The molecule has 1 rings (SSSR count). The molecule has 0 aromatic heterocycles. The van der Waals surface area contributed by atoms with Crippen molar-refractivity contribution in [3.8, 4) is 0 Å². The van der Waals surface area contributed by atoms with Gasteiger partial charge in [0.25, 0.3) is 0 Å². The minimum atomic E-state index is -0.313. The van der Waals surface area contributed by atoms with Crippen LogP contribution in [0.2, 0.25) is 5.02 Å². The van der Waals surface area contributed by atoms with E-state index in [4.69, 9.17) is 28.6 Å². The van der Waals surface area contributed by atoms with Crippen molar-refractivity contribution in [2.24, 2.45) is 0 Å². The van der Waals surface area contributed by atoms with Gasteiger partial charge in [0.15, 0.2) is 0 Å². The largest absolute Gasteiger partial charge is 0.479 e. The quantitative estimate of drug-likeness (QED) is 0.514. The smallest absolute Gasteiger partial charge is 0.230 e. The molecule has 0 aliphatic heterocycles. The van der Waals surface area contributed by atoms with Crippen LogP contribution < -0.4 is 0 Å². The van der Waals surface area contributed by atoms with Crippen LogP contribution in [0.25, 0.3) is 0 Å². The Labute approximate surface area is 157 Å². The van der Waals surface area contributed by atoms with Gasteiger partial charge in [0, 0.05) is 30.2 Å². The Hall–Kier alpha value is -1.37. The molecule has 0 N–H and O–H groups in total. The van der Waals surface area contributed by atoms with Crippen molar-refractivity contribution in [3.63, 3.8) is 0 Å². The molecular weight excluding hydrogens is 366 g/mol. The number of ether oxygens (including phenoxy) is 1. The Morgan fingerprint density at radius 1 is 1.42 bits per heavy atom.